The molecule has 0 aliphatic rings. The van der Waals surface area contributed by atoms with Crippen molar-refractivity contribution in [1.29, 1.82) is 0 Å². The number of pyridine rings is 1. The van der Waals surface area contributed by atoms with Crippen LogP contribution in [0.15, 0.2) is 30.7 Å². The average Bonchev–Trinajstić information content (AvgIpc) is 2.84. The first-order valence-corrected chi connectivity index (χ1v) is 6.44. The fourth-order valence-corrected chi connectivity index (χ4v) is 2.07. The minimum Gasteiger partial charge on any atom is -0.394 e. The van der Waals surface area contributed by atoms with Crippen molar-refractivity contribution >= 4 is 11.6 Å². The molecule has 0 bridgehead atoms. The molecular weight excluding hydrogens is 242 g/mol. The van der Waals surface area contributed by atoms with Crippen molar-refractivity contribution in [1.82, 2.24) is 14.7 Å². The van der Waals surface area contributed by atoms with Gasteiger partial charge in [-0.05, 0) is 24.5 Å². The van der Waals surface area contributed by atoms with Gasteiger partial charge in [0.25, 0.3) is 5.91 Å². The van der Waals surface area contributed by atoms with Crippen LogP contribution in [0, 0.1) is 5.92 Å². The maximum atomic E-state index is 12.1. The first kappa shape index (κ1) is 13.5. The van der Waals surface area contributed by atoms with E-state index in [1.165, 1.54) is 0 Å². The lowest BCUT2D eigenvalue weighted by Crippen LogP contribution is -2.38. The third-order valence-electron chi connectivity index (χ3n) is 2.97. The number of hydrogen-bond donors (Lipinski definition) is 2. The standard InChI is InChI=1S/C14H19N3O2/c1-10(2)7-12(9-18)16-14(19)11-3-5-17-6-4-15-13(17)8-11/h3-6,8,10,12,18H,7,9H2,1-2H3,(H,16,19)/t12-/m0/s1. The number of carbonyl (C=O) groups is 1. The second-order valence-corrected chi connectivity index (χ2v) is 5.09. The molecule has 2 N–H and O–H groups in total. The number of fused-ring (bicyclic) bond motifs is 1. The van der Waals surface area contributed by atoms with Gasteiger partial charge >= 0.3 is 0 Å². The normalized spacial score (nSPS) is 12.8. The molecule has 19 heavy (non-hydrogen) atoms. The second kappa shape index (κ2) is 5.84. The molecule has 102 valence electrons. The molecule has 0 saturated carbocycles. The summed E-state index contributed by atoms with van der Waals surface area (Å²) in [6, 6.07) is 3.27. The van der Waals surface area contributed by atoms with Gasteiger partial charge in [0.1, 0.15) is 5.65 Å². The Labute approximate surface area is 112 Å². The number of aliphatic hydroxyl groups is 1. The highest BCUT2D eigenvalue weighted by Crippen LogP contribution is 2.08. The van der Waals surface area contributed by atoms with Crippen LogP contribution in [0.3, 0.4) is 0 Å². The van der Waals surface area contributed by atoms with Crippen LogP contribution in [-0.2, 0) is 0 Å². The second-order valence-electron chi connectivity index (χ2n) is 5.09. The summed E-state index contributed by atoms with van der Waals surface area (Å²) >= 11 is 0. The molecule has 0 unspecified atom stereocenters. The first-order valence-electron chi connectivity index (χ1n) is 6.44. The number of carbonyl (C=O) groups excluding carboxylic acids is 1. The number of aromatic nitrogens is 2. The van der Waals surface area contributed by atoms with E-state index in [0.29, 0.717) is 11.5 Å². The number of nitrogens with one attached hydrogen (secondary N) is 1. The largest absolute Gasteiger partial charge is 0.394 e. The van der Waals surface area contributed by atoms with E-state index < -0.39 is 0 Å². The van der Waals surface area contributed by atoms with Gasteiger partial charge in [0.15, 0.2) is 0 Å². The van der Waals surface area contributed by atoms with Crippen molar-refractivity contribution in [3.63, 3.8) is 0 Å². The quantitative estimate of drug-likeness (QED) is 0.856. The molecule has 0 fully saturated rings. The number of hydrogen-bond acceptors (Lipinski definition) is 3. The van der Waals surface area contributed by atoms with E-state index in [4.69, 9.17) is 0 Å². The zero-order valence-corrected chi connectivity index (χ0v) is 11.2. The lowest BCUT2D eigenvalue weighted by Gasteiger charge is -2.18. The van der Waals surface area contributed by atoms with Crippen LogP contribution in [0.5, 0.6) is 0 Å². The van der Waals surface area contributed by atoms with Crippen molar-refractivity contribution in [2.45, 2.75) is 26.3 Å². The molecule has 0 saturated heterocycles. The zero-order chi connectivity index (χ0) is 13.8. The summed E-state index contributed by atoms with van der Waals surface area (Å²) in [6.45, 7) is 4.08. The Hall–Kier alpha value is -1.88. The molecule has 2 aromatic rings. The molecule has 2 rings (SSSR count). The average molecular weight is 261 g/mol. The van der Waals surface area contributed by atoms with Crippen molar-refractivity contribution in [3.8, 4) is 0 Å². The Bertz CT molecular complexity index is 563. The predicted molar refractivity (Wildman–Crippen MR) is 73.0 cm³/mol. The molecule has 0 aliphatic carbocycles. The topological polar surface area (TPSA) is 66.6 Å². The first-order chi connectivity index (χ1) is 9.10. The molecule has 2 aromatic heterocycles. The van der Waals surface area contributed by atoms with E-state index in [1.807, 2.05) is 10.6 Å². The Kier molecular flexibility index (Phi) is 4.16. The van der Waals surface area contributed by atoms with Crippen LogP contribution in [-0.4, -0.2) is 33.0 Å². The van der Waals surface area contributed by atoms with Crippen LogP contribution >= 0.6 is 0 Å². The van der Waals surface area contributed by atoms with Crippen LogP contribution in [0.25, 0.3) is 5.65 Å². The minimum absolute atomic E-state index is 0.0461. The molecular formula is C14H19N3O2. The highest BCUT2D eigenvalue weighted by molar-refractivity contribution is 5.95. The van der Waals surface area contributed by atoms with Crippen molar-refractivity contribution in [3.05, 3.63) is 36.3 Å². The van der Waals surface area contributed by atoms with Crippen LogP contribution in [0.2, 0.25) is 0 Å². The van der Waals surface area contributed by atoms with Gasteiger partial charge in [-0.15, -0.1) is 0 Å². The van der Waals surface area contributed by atoms with E-state index in [-0.39, 0.29) is 18.6 Å². The van der Waals surface area contributed by atoms with Gasteiger partial charge in [0, 0.05) is 24.2 Å². The molecule has 0 aromatic carbocycles. The van der Waals surface area contributed by atoms with Crippen LogP contribution in [0.4, 0.5) is 0 Å². The SMILES string of the molecule is CC(C)C[C@@H](CO)NC(=O)c1ccn2ccnc2c1. The van der Waals surface area contributed by atoms with Gasteiger partial charge < -0.3 is 14.8 Å². The van der Waals surface area contributed by atoms with E-state index in [1.54, 1.807) is 24.5 Å². The van der Waals surface area contributed by atoms with Crippen LogP contribution < -0.4 is 5.32 Å². The van der Waals surface area contributed by atoms with Crippen molar-refractivity contribution in [2.24, 2.45) is 5.92 Å². The third-order valence-corrected chi connectivity index (χ3v) is 2.97. The Morgan fingerprint density at radius 3 is 2.95 bits per heavy atom. The number of amides is 1. The molecule has 5 nitrogen and oxygen atoms in total. The van der Waals surface area contributed by atoms with Gasteiger partial charge in [-0.1, -0.05) is 13.8 Å². The van der Waals surface area contributed by atoms with Gasteiger partial charge in [-0.3, -0.25) is 4.79 Å². The maximum Gasteiger partial charge on any atom is 0.251 e. The zero-order valence-electron chi connectivity index (χ0n) is 11.2. The summed E-state index contributed by atoms with van der Waals surface area (Å²) in [6.07, 6.45) is 6.07. The maximum absolute atomic E-state index is 12.1. The summed E-state index contributed by atoms with van der Waals surface area (Å²) in [5.41, 5.74) is 1.29. The smallest absolute Gasteiger partial charge is 0.251 e. The van der Waals surface area contributed by atoms with Gasteiger partial charge in [-0.2, -0.15) is 0 Å². The highest BCUT2D eigenvalue weighted by atomic mass is 16.3. The molecule has 1 amide bonds. The van der Waals surface area contributed by atoms with E-state index in [0.717, 1.165) is 12.1 Å². The van der Waals surface area contributed by atoms with Crippen LogP contribution in [0.1, 0.15) is 30.6 Å². The lowest BCUT2D eigenvalue weighted by molar-refractivity contribution is 0.0908. The van der Waals surface area contributed by atoms with Gasteiger partial charge in [-0.25, -0.2) is 4.98 Å². The Morgan fingerprint density at radius 1 is 1.47 bits per heavy atom. The fraction of sp³-hybridized carbons (Fsp3) is 0.429. The number of aliphatic hydroxyl groups excluding tert-OH is 1. The third kappa shape index (κ3) is 3.32. The lowest BCUT2D eigenvalue weighted by atomic mass is 10.0. The monoisotopic (exact) mass is 261 g/mol. The summed E-state index contributed by atoms with van der Waals surface area (Å²) in [7, 11) is 0. The Balaban J connectivity index is 2.09. The highest BCUT2D eigenvalue weighted by Gasteiger charge is 2.14. The summed E-state index contributed by atoms with van der Waals surface area (Å²) in [5, 5.41) is 12.1. The molecule has 0 radical (unpaired) electrons. The summed E-state index contributed by atoms with van der Waals surface area (Å²) < 4.78 is 1.84. The predicted octanol–water partition coefficient (Wildman–Crippen LogP) is 1.47. The molecule has 0 aliphatic heterocycles. The summed E-state index contributed by atoms with van der Waals surface area (Å²) in [4.78, 5) is 16.2. The fourth-order valence-electron chi connectivity index (χ4n) is 2.07. The van der Waals surface area contributed by atoms with E-state index in [2.05, 4.69) is 24.1 Å². The Morgan fingerprint density at radius 2 is 2.26 bits per heavy atom. The molecule has 1 atom stereocenters. The molecule has 2 heterocycles. The van der Waals surface area contributed by atoms with E-state index >= 15 is 0 Å². The van der Waals surface area contributed by atoms with Crippen molar-refractivity contribution in [2.75, 3.05) is 6.61 Å². The van der Waals surface area contributed by atoms with Gasteiger partial charge in [0.2, 0.25) is 0 Å². The number of rotatable bonds is 5. The molecule has 5 heteroatoms. The van der Waals surface area contributed by atoms with Crippen molar-refractivity contribution < 1.29 is 9.90 Å². The van der Waals surface area contributed by atoms with Gasteiger partial charge in [0.05, 0.1) is 12.6 Å². The number of nitrogens with zero attached hydrogens (tertiary/aromatic N) is 2. The molecule has 0 spiro atoms. The minimum atomic E-state index is -0.205. The number of imidazole rings is 1. The summed E-state index contributed by atoms with van der Waals surface area (Å²) in [5.74, 6) is 0.248. The van der Waals surface area contributed by atoms with E-state index in [9.17, 15) is 9.90 Å².